The zero-order chi connectivity index (χ0) is 16.7. The Morgan fingerprint density at radius 3 is 2.67 bits per heavy atom. The maximum Gasteiger partial charge on any atom is 0.200 e. The van der Waals surface area contributed by atoms with E-state index in [9.17, 15) is 0 Å². The van der Waals surface area contributed by atoms with Gasteiger partial charge >= 0.3 is 0 Å². The molecule has 0 bridgehead atoms. The maximum atomic E-state index is 4.56. The number of rotatable bonds is 2. The van der Waals surface area contributed by atoms with E-state index in [0.717, 1.165) is 30.9 Å². The van der Waals surface area contributed by atoms with Crippen molar-refractivity contribution in [3.63, 3.8) is 0 Å². The number of fused-ring (bicyclic) bond motifs is 1. The summed E-state index contributed by atoms with van der Waals surface area (Å²) in [6.45, 7) is 7.78. The van der Waals surface area contributed by atoms with E-state index in [1.54, 1.807) is 6.33 Å². The monoisotopic (exact) mass is 329 g/mol. The van der Waals surface area contributed by atoms with Gasteiger partial charge in [0.2, 0.25) is 5.65 Å². The van der Waals surface area contributed by atoms with E-state index in [4.69, 9.17) is 0 Å². The molecule has 2 saturated heterocycles. The van der Waals surface area contributed by atoms with Crippen molar-refractivity contribution >= 4 is 11.3 Å². The highest BCUT2D eigenvalue weighted by Crippen LogP contribution is 2.34. The number of nitrogens with zero attached hydrogens (tertiary/aromatic N) is 7. The maximum absolute atomic E-state index is 4.56. The number of piperazine rings is 1. The molecular formula is C17H27N7. The Kier molecular flexibility index (Phi) is 3.92. The van der Waals surface area contributed by atoms with Gasteiger partial charge in [0, 0.05) is 38.3 Å². The van der Waals surface area contributed by atoms with Gasteiger partial charge in [0.25, 0.3) is 0 Å². The van der Waals surface area contributed by atoms with E-state index in [-0.39, 0.29) is 0 Å². The highest BCUT2D eigenvalue weighted by molar-refractivity contribution is 5.68. The molecule has 2 fully saturated rings. The average molecular weight is 329 g/mol. The van der Waals surface area contributed by atoms with Crippen molar-refractivity contribution in [3.8, 4) is 0 Å². The molecule has 130 valence electrons. The van der Waals surface area contributed by atoms with Crippen LogP contribution in [-0.2, 0) is 6.42 Å². The molecule has 2 aliphatic heterocycles. The van der Waals surface area contributed by atoms with Crippen LogP contribution in [0.2, 0.25) is 0 Å². The average Bonchev–Trinajstić information content (AvgIpc) is 3.07. The first-order chi connectivity index (χ1) is 11.6. The van der Waals surface area contributed by atoms with Gasteiger partial charge in [-0.2, -0.15) is 9.61 Å². The summed E-state index contributed by atoms with van der Waals surface area (Å²) >= 11 is 0. The molecule has 1 spiro atoms. The lowest BCUT2D eigenvalue weighted by Gasteiger charge is -2.52. The largest absolute Gasteiger partial charge is 0.368 e. The summed E-state index contributed by atoms with van der Waals surface area (Å²) in [6, 6.07) is 2.19. The summed E-state index contributed by atoms with van der Waals surface area (Å²) in [5.41, 5.74) is 3.47. The van der Waals surface area contributed by atoms with Crippen LogP contribution in [0.5, 0.6) is 0 Å². The van der Waals surface area contributed by atoms with Crippen molar-refractivity contribution in [2.75, 3.05) is 51.7 Å². The molecule has 2 aliphatic rings. The SMILES string of the molecule is CCc1cc(N2CCC3(CC2)CN(C)CCN3C)c2nncn2n1. The lowest BCUT2D eigenvalue weighted by molar-refractivity contribution is 0.00948. The summed E-state index contributed by atoms with van der Waals surface area (Å²) in [6.07, 6.45) is 5.01. The molecule has 0 aliphatic carbocycles. The van der Waals surface area contributed by atoms with Crippen molar-refractivity contribution in [1.29, 1.82) is 0 Å². The predicted molar refractivity (Wildman–Crippen MR) is 94.5 cm³/mol. The van der Waals surface area contributed by atoms with Gasteiger partial charge in [-0.3, -0.25) is 4.90 Å². The quantitative estimate of drug-likeness (QED) is 0.816. The fourth-order valence-corrected chi connectivity index (χ4v) is 4.23. The number of aryl methyl sites for hydroxylation is 1. The van der Waals surface area contributed by atoms with Crippen LogP contribution < -0.4 is 4.90 Å². The van der Waals surface area contributed by atoms with Crippen LogP contribution in [0, 0.1) is 0 Å². The molecule has 0 unspecified atom stereocenters. The summed E-state index contributed by atoms with van der Waals surface area (Å²) in [7, 11) is 4.54. The van der Waals surface area contributed by atoms with E-state index in [1.165, 1.54) is 38.2 Å². The van der Waals surface area contributed by atoms with Crippen LogP contribution in [0.25, 0.3) is 5.65 Å². The number of anilines is 1. The van der Waals surface area contributed by atoms with Crippen LogP contribution in [-0.4, -0.2) is 82.0 Å². The Morgan fingerprint density at radius 2 is 1.92 bits per heavy atom. The Bertz CT molecular complexity index is 717. The molecule has 0 aromatic carbocycles. The Balaban J connectivity index is 1.59. The standard InChI is InChI=1S/C17H27N7/c1-4-14-11-15(16-19-18-13-24(16)20-14)23-7-5-17(6-8-23)12-21(2)9-10-22(17)3/h11,13H,4-10,12H2,1-3H3. The topological polar surface area (TPSA) is 52.8 Å². The first kappa shape index (κ1) is 15.8. The van der Waals surface area contributed by atoms with Crippen LogP contribution in [0.4, 0.5) is 5.69 Å². The molecule has 0 N–H and O–H groups in total. The Labute approximate surface area is 143 Å². The van der Waals surface area contributed by atoms with E-state index in [1.807, 2.05) is 4.52 Å². The number of hydrogen-bond donors (Lipinski definition) is 0. The van der Waals surface area contributed by atoms with Crippen molar-refractivity contribution in [3.05, 3.63) is 18.1 Å². The smallest absolute Gasteiger partial charge is 0.200 e. The van der Waals surface area contributed by atoms with Crippen LogP contribution in [0.1, 0.15) is 25.5 Å². The lowest BCUT2D eigenvalue weighted by Crippen LogP contribution is -2.63. The molecular weight excluding hydrogens is 302 g/mol. The normalized spacial score (nSPS) is 22.5. The van der Waals surface area contributed by atoms with E-state index in [0.29, 0.717) is 5.54 Å². The van der Waals surface area contributed by atoms with Gasteiger partial charge in [0.05, 0.1) is 11.4 Å². The van der Waals surface area contributed by atoms with Gasteiger partial charge in [-0.05, 0) is 39.4 Å². The molecule has 7 nitrogen and oxygen atoms in total. The summed E-state index contributed by atoms with van der Waals surface area (Å²) in [4.78, 5) is 7.54. The third-order valence-electron chi connectivity index (χ3n) is 5.89. The summed E-state index contributed by atoms with van der Waals surface area (Å²) in [5, 5.41) is 12.9. The van der Waals surface area contributed by atoms with E-state index in [2.05, 4.69) is 57.1 Å². The molecule has 0 atom stereocenters. The Morgan fingerprint density at radius 1 is 1.12 bits per heavy atom. The van der Waals surface area contributed by atoms with Gasteiger partial charge < -0.3 is 9.80 Å². The van der Waals surface area contributed by atoms with Gasteiger partial charge in [-0.15, -0.1) is 10.2 Å². The molecule has 2 aromatic heterocycles. The minimum absolute atomic E-state index is 0.327. The second-order valence-electron chi connectivity index (χ2n) is 7.34. The number of likely N-dealkylation sites (N-methyl/N-ethyl adjacent to an activating group) is 2. The first-order valence-corrected chi connectivity index (χ1v) is 8.96. The first-order valence-electron chi connectivity index (χ1n) is 8.96. The Hall–Kier alpha value is -1.73. The minimum atomic E-state index is 0.327. The predicted octanol–water partition coefficient (Wildman–Crippen LogP) is 0.903. The minimum Gasteiger partial charge on any atom is -0.368 e. The van der Waals surface area contributed by atoms with Gasteiger partial charge in [-0.25, -0.2) is 0 Å². The van der Waals surface area contributed by atoms with E-state index >= 15 is 0 Å². The van der Waals surface area contributed by atoms with Crippen molar-refractivity contribution < 1.29 is 0 Å². The van der Waals surface area contributed by atoms with Crippen molar-refractivity contribution in [1.82, 2.24) is 29.6 Å². The molecule has 4 rings (SSSR count). The van der Waals surface area contributed by atoms with Gasteiger partial charge in [0.15, 0.2) is 0 Å². The molecule has 0 saturated carbocycles. The molecule has 0 radical (unpaired) electrons. The zero-order valence-electron chi connectivity index (χ0n) is 14.9. The van der Waals surface area contributed by atoms with Crippen molar-refractivity contribution in [2.45, 2.75) is 31.7 Å². The van der Waals surface area contributed by atoms with Crippen LogP contribution in [0.15, 0.2) is 12.4 Å². The number of piperidine rings is 1. The number of aromatic nitrogens is 4. The number of hydrogen-bond acceptors (Lipinski definition) is 6. The molecule has 7 heteroatoms. The summed E-state index contributed by atoms with van der Waals surface area (Å²) in [5.74, 6) is 0. The summed E-state index contributed by atoms with van der Waals surface area (Å²) < 4.78 is 1.82. The lowest BCUT2D eigenvalue weighted by atomic mass is 9.83. The fourth-order valence-electron chi connectivity index (χ4n) is 4.23. The van der Waals surface area contributed by atoms with Crippen LogP contribution in [0.3, 0.4) is 0 Å². The van der Waals surface area contributed by atoms with Gasteiger partial charge in [0.1, 0.15) is 6.33 Å². The third-order valence-corrected chi connectivity index (χ3v) is 5.89. The zero-order valence-corrected chi connectivity index (χ0v) is 14.9. The molecule has 4 heterocycles. The molecule has 24 heavy (non-hydrogen) atoms. The van der Waals surface area contributed by atoms with E-state index < -0.39 is 0 Å². The molecule has 2 aromatic rings. The highest BCUT2D eigenvalue weighted by atomic mass is 15.4. The molecule has 0 amide bonds. The third kappa shape index (κ3) is 2.56. The van der Waals surface area contributed by atoms with Crippen LogP contribution >= 0.6 is 0 Å². The second-order valence-corrected chi connectivity index (χ2v) is 7.34. The highest BCUT2D eigenvalue weighted by Gasteiger charge is 2.41. The van der Waals surface area contributed by atoms with Gasteiger partial charge in [-0.1, -0.05) is 6.92 Å². The fraction of sp³-hybridized carbons (Fsp3) is 0.706. The van der Waals surface area contributed by atoms with Crippen molar-refractivity contribution in [2.24, 2.45) is 0 Å². The second kappa shape index (κ2) is 5.97.